The van der Waals surface area contributed by atoms with E-state index >= 15 is 0 Å². The maximum Gasteiger partial charge on any atom is 0.101 e. The summed E-state index contributed by atoms with van der Waals surface area (Å²) in [5.74, 6) is 0. The van der Waals surface area contributed by atoms with E-state index in [1.54, 1.807) is 12.1 Å². The lowest BCUT2D eigenvalue weighted by molar-refractivity contribution is 1.16. The van der Waals surface area contributed by atoms with Crippen LogP contribution in [-0.2, 0) is 0 Å². The Bertz CT molecular complexity index is 2410. The summed E-state index contributed by atoms with van der Waals surface area (Å²) in [5, 5.41) is 24.0. The van der Waals surface area contributed by atoms with Crippen molar-refractivity contribution in [2.45, 2.75) is 0 Å². The minimum absolute atomic E-state index is 0.470. The molecule has 4 heteroatoms. The fraction of sp³-hybridized carbons (Fsp3) is 0. The van der Waals surface area contributed by atoms with E-state index in [0.717, 1.165) is 49.6 Å². The van der Waals surface area contributed by atoms with E-state index in [1.165, 1.54) is 16.5 Å². The van der Waals surface area contributed by atoms with Crippen molar-refractivity contribution in [3.63, 3.8) is 0 Å². The molecule has 0 unspecified atom stereocenters. The molecule has 8 aromatic rings. The van der Waals surface area contributed by atoms with Crippen molar-refractivity contribution in [1.29, 1.82) is 10.5 Å². The van der Waals surface area contributed by atoms with E-state index in [0.29, 0.717) is 11.1 Å². The molecular formula is C38H22N4. The van der Waals surface area contributed by atoms with Crippen molar-refractivity contribution in [3.8, 4) is 34.6 Å². The molecule has 0 spiro atoms. The maximum absolute atomic E-state index is 10.0. The molecule has 0 aliphatic carbocycles. The molecule has 4 nitrogen and oxygen atoms in total. The van der Waals surface area contributed by atoms with Crippen LogP contribution in [0.3, 0.4) is 0 Å². The maximum atomic E-state index is 10.0. The van der Waals surface area contributed by atoms with Crippen molar-refractivity contribution in [3.05, 3.63) is 145 Å². The molecular weight excluding hydrogens is 512 g/mol. The van der Waals surface area contributed by atoms with Crippen LogP contribution in [0.4, 0.5) is 0 Å². The van der Waals surface area contributed by atoms with Gasteiger partial charge in [-0.25, -0.2) is 0 Å². The molecule has 2 heterocycles. The lowest BCUT2D eigenvalue weighted by Gasteiger charge is -2.11. The molecule has 0 saturated carbocycles. The van der Waals surface area contributed by atoms with Gasteiger partial charge < -0.3 is 9.13 Å². The highest BCUT2D eigenvalue weighted by Gasteiger charge is 2.19. The SMILES string of the molecule is N#Cc1ccc(-n2c3ccccc3c3cc4c(cc32)c2ccccc2n4-c2ccc(-c3ccccc3)cc2)c(C#N)c1. The highest BCUT2D eigenvalue weighted by Crippen LogP contribution is 2.40. The predicted octanol–water partition coefficient (Wildman–Crippen LogP) is 9.29. The second kappa shape index (κ2) is 9.24. The van der Waals surface area contributed by atoms with Crippen LogP contribution in [-0.4, -0.2) is 9.13 Å². The van der Waals surface area contributed by atoms with E-state index in [1.807, 2.05) is 18.2 Å². The van der Waals surface area contributed by atoms with Gasteiger partial charge in [-0.2, -0.15) is 10.5 Å². The highest BCUT2D eigenvalue weighted by atomic mass is 15.0. The zero-order valence-corrected chi connectivity index (χ0v) is 22.5. The first-order valence-corrected chi connectivity index (χ1v) is 13.8. The lowest BCUT2D eigenvalue weighted by atomic mass is 10.1. The molecule has 2 aromatic heterocycles. The standard InChI is InChI=1S/C38H22N4/c39-23-25-14-19-34(28(20-25)24-40)42-36-13-7-5-11-31(36)33-21-37-32(22-38(33)42)30-10-4-6-12-35(30)41(37)29-17-15-27(16-18-29)26-8-2-1-3-9-26/h1-22H. The van der Waals surface area contributed by atoms with Crippen LogP contribution < -0.4 is 0 Å². The molecule has 0 N–H and O–H groups in total. The molecule has 0 saturated heterocycles. The average molecular weight is 535 g/mol. The van der Waals surface area contributed by atoms with Gasteiger partial charge >= 0.3 is 0 Å². The lowest BCUT2D eigenvalue weighted by Crippen LogP contribution is -1.98. The van der Waals surface area contributed by atoms with Gasteiger partial charge in [-0.3, -0.25) is 0 Å². The third-order valence-corrected chi connectivity index (χ3v) is 8.19. The summed E-state index contributed by atoms with van der Waals surface area (Å²) in [6.45, 7) is 0. The van der Waals surface area contributed by atoms with Gasteiger partial charge in [0.05, 0.1) is 45.0 Å². The molecule has 0 radical (unpaired) electrons. The zero-order valence-electron chi connectivity index (χ0n) is 22.5. The van der Waals surface area contributed by atoms with Crippen LogP contribution >= 0.6 is 0 Å². The van der Waals surface area contributed by atoms with Crippen LogP contribution in [0.2, 0.25) is 0 Å². The van der Waals surface area contributed by atoms with Crippen LogP contribution in [0.15, 0.2) is 133 Å². The van der Waals surface area contributed by atoms with Crippen LogP contribution in [0.25, 0.3) is 66.1 Å². The number of hydrogen-bond acceptors (Lipinski definition) is 2. The molecule has 0 bridgehead atoms. The first-order chi connectivity index (χ1) is 20.7. The number of nitrogens with zero attached hydrogens (tertiary/aromatic N) is 4. The number of rotatable bonds is 3. The smallest absolute Gasteiger partial charge is 0.101 e. The van der Waals surface area contributed by atoms with Gasteiger partial charge in [0, 0.05) is 27.2 Å². The van der Waals surface area contributed by atoms with Crippen molar-refractivity contribution < 1.29 is 0 Å². The van der Waals surface area contributed by atoms with E-state index < -0.39 is 0 Å². The third-order valence-electron chi connectivity index (χ3n) is 8.19. The normalized spacial score (nSPS) is 11.3. The molecule has 0 fully saturated rings. The number of para-hydroxylation sites is 2. The zero-order chi connectivity index (χ0) is 28.2. The van der Waals surface area contributed by atoms with Gasteiger partial charge in [0.25, 0.3) is 0 Å². The van der Waals surface area contributed by atoms with E-state index in [4.69, 9.17) is 0 Å². The average Bonchev–Trinajstić information content (AvgIpc) is 3.56. The highest BCUT2D eigenvalue weighted by molar-refractivity contribution is 6.19. The number of fused-ring (bicyclic) bond motifs is 6. The third kappa shape index (κ3) is 3.47. The minimum atomic E-state index is 0.470. The summed E-state index contributed by atoms with van der Waals surface area (Å²) in [5.41, 5.74) is 9.49. The first-order valence-electron chi connectivity index (χ1n) is 13.8. The summed E-state index contributed by atoms with van der Waals surface area (Å²) in [6.07, 6.45) is 0. The van der Waals surface area contributed by atoms with Crippen molar-refractivity contribution in [2.75, 3.05) is 0 Å². The van der Waals surface area contributed by atoms with Crippen LogP contribution in [0, 0.1) is 22.7 Å². The van der Waals surface area contributed by atoms with Crippen molar-refractivity contribution in [2.24, 2.45) is 0 Å². The van der Waals surface area contributed by atoms with Gasteiger partial charge in [-0.1, -0.05) is 78.9 Å². The monoisotopic (exact) mass is 534 g/mol. The Kier molecular flexibility index (Phi) is 5.22. The van der Waals surface area contributed by atoms with E-state index in [9.17, 15) is 10.5 Å². The second-order valence-electron chi connectivity index (χ2n) is 10.5. The van der Waals surface area contributed by atoms with Gasteiger partial charge in [0.1, 0.15) is 6.07 Å². The summed E-state index contributed by atoms with van der Waals surface area (Å²) in [6, 6.07) is 50.3. The Morgan fingerprint density at radius 1 is 0.429 bits per heavy atom. The summed E-state index contributed by atoms with van der Waals surface area (Å²) in [4.78, 5) is 0. The number of benzene rings is 6. The van der Waals surface area contributed by atoms with Crippen LogP contribution in [0.5, 0.6) is 0 Å². The number of nitriles is 2. The Morgan fingerprint density at radius 3 is 1.64 bits per heavy atom. The molecule has 0 aliphatic rings. The van der Waals surface area contributed by atoms with Gasteiger partial charge in [0.2, 0.25) is 0 Å². The molecule has 0 aliphatic heterocycles. The molecule has 194 valence electrons. The topological polar surface area (TPSA) is 57.4 Å². The summed E-state index contributed by atoms with van der Waals surface area (Å²) < 4.78 is 4.50. The number of hydrogen-bond donors (Lipinski definition) is 0. The Labute approximate surface area is 242 Å². The minimum Gasteiger partial charge on any atom is -0.309 e. The van der Waals surface area contributed by atoms with E-state index in [2.05, 4.69) is 124 Å². The fourth-order valence-corrected chi connectivity index (χ4v) is 6.29. The van der Waals surface area contributed by atoms with Crippen LogP contribution in [0.1, 0.15) is 11.1 Å². The Morgan fingerprint density at radius 2 is 1.00 bits per heavy atom. The molecule has 42 heavy (non-hydrogen) atoms. The Hall–Kier alpha value is -6.10. The number of aromatic nitrogens is 2. The summed E-state index contributed by atoms with van der Waals surface area (Å²) in [7, 11) is 0. The van der Waals surface area contributed by atoms with Gasteiger partial charge in [-0.05, 0) is 65.7 Å². The fourth-order valence-electron chi connectivity index (χ4n) is 6.29. The van der Waals surface area contributed by atoms with E-state index in [-0.39, 0.29) is 0 Å². The van der Waals surface area contributed by atoms with Crippen molar-refractivity contribution in [1.82, 2.24) is 9.13 Å². The first kappa shape index (κ1) is 23.8. The summed E-state index contributed by atoms with van der Waals surface area (Å²) >= 11 is 0. The quantitative estimate of drug-likeness (QED) is 0.227. The van der Waals surface area contributed by atoms with Gasteiger partial charge in [-0.15, -0.1) is 0 Å². The van der Waals surface area contributed by atoms with Crippen molar-refractivity contribution >= 4 is 43.6 Å². The second-order valence-corrected chi connectivity index (χ2v) is 10.5. The largest absolute Gasteiger partial charge is 0.309 e. The predicted molar refractivity (Wildman–Crippen MR) is 170 cm³/mol. The molecule has 6 aromatic carbocycles. The Balaban J connectivity index is 1.44. The molecule has 0 amide bonds. The molecule has 0 atom stereocenters. The van der Waals surface area contributed by atoms with Gasteiger partial charge in [0.15, 0.2) is 0 Å². The molecule has 8 rings (SSSR count).